The molecule has 9 nitrogen and oxygen atoms in total. The summed E-state index contributed by atoms with van der Waals surface area (Å²) in [6.07, 6.45) is 1.63. The second-order valence-corrected chi connectivity index (χ2v) is 10.9. The first-order valence-corrected chi connectivity index (χ1v) is 12.9. The van der Waals surface area contributed by atoms with Gasteiger partial charge in [0.15, 0.2) is 5.69 Å². The zero-order valence-corrected chi connectivity index (χ0v) is 22.2. The molecule has 5 atom stereocenters. The number of carbonyl (C=O) groups is 3. The van der Waals surface area contributed by atoms with Crippen LogP contribution in [-0.4, -0.2) is 81.0 Å². The molecule has 3 N–H and O–H groups in total. The number of nitrogens with zero attached hydrogens (tertiary/aromatic N) is 3. The van der Waals surface area contributed by atoms with Crippen LogP contribution in [0.2, 0.25) is 0 Å². The van der Waals surface area contributed by atoms with Gasteiger partial charge in [0.25, 0.3) is 0 Å². The second-order valence-electron chi connectivity index (χ2n) is 10.0. The van der Waals surface area contributed by atoms with Crippen molar-refractivity contribution in [3.05, 3.63) is 16.1 Å². The van der Waals surface area contributed by atoms with Gasteiger partial charge in [-0.05, 0) is 45.2 Å². The monoisotopic (exact) mass is 496 g/mol. The van der Waals surface area contributed by atoms with Gasteiger partial charge in [-0.2, -0.15) is 0 Å². The molecule has 10 heteroatoms. The van der Waals surface area contributed by atoms with Crippen LogP contribution in [-0.2, 0) is 9.59 Å². The first-order chi connectivity index (χ1) is 15.8. The van der Waals surface area contributed by atoms with Crippen molar-refractivity contribution in [2.75, 3.05) is 20.6 Å². The zero-order valence-electron chi connectivity index (χ0n) is 21.4. The molecule has 0 bridgehead atoms. The molecule has 1 aromatic rings. The minimum Gasteiger partial charge on any atom is -0.476 e. The van der Waals surface area contributed by atoms with Crippen LogP contribution < -0.4 is 5.32 Å². The fourth-order valence-electron chi connectivity index (χ4n) is 4.49. The molecule has 1 fully saturated rings. The van der Waals surface area contributed by atoms with Crippen molar-refractivity contribution in [1.29, 1.82) is 0 Å². The molecule has 0 aromatic carbocycles. The van der Waals surface area contributed by atoms with Gasteiger partial charge in [0, 0.05) is 24.9 Å². The Kier molecular flexibility index (Phi) is 9.62. The van der Waals surface area contributed by atoms with E-state index in [0.717, 1.165) is 37.1 Å². The SMILES string of the molecule is CC[C@H](C)[C@H](NC(=O)[C@@]1(C)CCCN1C)C(=O)N(C)[C@H](C[C@H](O)c1nc(C(=O)O)cs1)C(C)C. The first-order valence-electron chi connectivity index (χ1n) is 12.0. The highest BCUT2D eigenvalue weighted by Gasteiger charge is 2.43. The minimum absolute atomic E-state index is 0.0225. The third-order valence-electron chi connectivity index (χ3n) is 7.36. The standard InChI is InChI=1S/C24H40N4O5S/c1-8-15(4)19(26-23(33)24(5)10-9-11-27(24)6)21(30)28(7)17(14(2)3)12-18(29)20-25-16(13-34-20)22(31)32/h13-15,17-19,29H,8-12H2,1-7H3,(H,26,33)(H,31,32)/t15-,17+,18-,19-,24+/m0/s1. The van der Waals surface area contributed by atoms with E-state index in [0.29, 0.717) is 5.01 Å². The van der Waals surface area contributed by atoms with E-state index in [-0.39, 0.29) is 41.8 Å². The molecule has 2 amide bonds. The Morgan fingerprint density at radius 2 is 1.97 bits per heavy atom. The molecular weight excluding hydrogens is 456 g/mol. The number of amides is 2. The fourth-order valence-corrected chi connectivity index (χ4v) is 5.28. The molecule has 2 rings (SSSR count). The van der Waals surface area contributed by atoms with E-state index in [4.69, 9.17) is 5.11 Å². The van der Waals surface area contributed by atoms with E-state index in [1.807, 2.05) is 46.6 Å². The quantitative estimate of drug-likeness (QED) is 0.430. The predicted octanol–water partition coefficient (Wildman–Crippen LogP) is 2.76. The van der Waals surface area contributed by atoms with Gasteiger partial charge in [0.2, 0.25) is 11.8 Å². The maximum Gasteiger partial charge on any atom is 0.355 e. The fraction of sp³-hybridized carbons (Fsp3) is 0.750. The molecular formula is C24H40N4O5S. The van der Waals surface area contributed by atoms with E-state index in [2.05, 4.69) is 10.3 Å². The molecule has 0 saturated carbocycles. The number of aromatic nitrogens is 1. The molecule has 1 aromatic heterocycles. The maximum absolute atomic E-state index is 13.7. The molecule has 1 aliphatic heterocycles. The molecule has 1 aliphatic rings. The van der Waals surface area contributed by atoms with Crippen LogP contribution in [0.15, 0.2) is 5.38 Å². The summed E-state index contributed by atoms with van der Waals surface area (Å²) < 4.78 is 0. The zero-order chi connectivity index (χ0) is 25.8. The summed E-state index contributed by atoms with van der Waals surface area (Å²) in [6.45, 7) is 10.7. The number of likely N-dealkylation sites (tertiary alicyclic amines) is 1. The summed E-state index contributed by atoms with van der Waals surface area (Å²) in [4.78, 5) is 45.7. The Bertz CT molecular complexity index is 875. The van der Waals surface area contributed by atoms with Crippen molar-refractivity contribution < 1.29 is 24.6 Å². The van der Waals surface area contributed by atoms with Gasteiger partial charge in [-0.15, -0.1) is 11.3 Å². The number of thiazole rings is 1. The van der Waals surface area contributed by atoms with E-state index in [9.17, 15) is 19.5 Å². The Morgan fingerprint density at radius 1 is 1.32 bits per heavy atom. The highest BCUT2D eigenvalue weighted by Crippen LogP contribution is 2.30. The van der Waals surface area contributed by atoms with Gasteiger partial charge in [-0.25, -0.2) is 9.78 Å². The van der Waals surface area contributed by atoms with E-state index in [1.165, 1.54) is 5.38 Å². The number of carbonyl (C=O) groups excluding carboxylic acids is 2. The number of rotatable bonds is 11. The summed E-state index contributed by atoms with van der Waals surface area (Å²) in [5, 5.41) is 24.6. The summed E-state index contributed by atoms with van der Waals surface area (Å²) >= 11 is 1.09. The Balaban J connectivity index is 2.20. The predicted molar refractivity (Wildman–Crippen MR) is 132 cm³/mol. The largest absolute Gasteiger partial charge is 0.476 e. The Labute approximate surface area is 206 Å². The lowest BCUT2D eigenvalue weighted by atomic mass is 9.91. The minimum atomic E-state index is -1.14. The molecule has 0 unspecified atom stereocenters. The number of aromatic carboxylic acids is 1. The number of nitrogens with one attached hydrogen (secondary N) is 1. The maximum atomic E-state index is 13.7. The van der Waals surface area contributed by atoms with Crippen LogP contribution in [0.25, 0.3) is 0 Å². The Hall–Kier alpha value is -2.04. The van der Waals surface area contributed by atoms with Gasteiger partial charge in [-0.3, -0.25) is 14.5 Å². The van der Waals surface area contributed by atoms with Gasteiger partial charge >= 0.3 is 5.97 Å². The molecule has 1 saturated heterocycles. The van der Waals surface area contributed by atoms with Crippen LogP contribution in [0, 0.1) is 11.8 Å². The van der Waals surface area contributed by atoms with Gasteiger partial charge < -0.3 is 20.4 Å². The average Bonchev–Trinajstić information content (AvgIpc) is 3.41. The van der Waals surface area contributed by atoms with Gasteiger partial charge in [-0.1, -0.05) is 34.1 Å². The topological polar surface area (TPSA) is 123 Å². The van der Waals surface area contributed by atoms with Crippen molar-refractivity contribution in [3.63, 3.8) is 0 Å². The number of hydrogen-bond acceptors (Lipinski definition) is 7. The summed E-state index contributed by atoms with van der Waals surface area (Å²) in [7, 11) is 3.64. The van der Waals surface area contributed by atoms with Crippen LogP contribution in [0.1, 0.15) is 81.9 Å². The number of aliphatic hydroxyl groups excluding tert-OH is 1. The van der Waals surface area contributed by atoms with Crippen LogP contribution in [0.3, 0.4) is 0 Å². The van der Waals surface area contributed by atoms with E-state index in [1.54, 1.807) is 11.9 Å². The van der Waals surface area contributed by atoms with Gasteiger partial charge in [0.1, 0.15) is 17.2 Å². The van der Waals surface area contributed by atoms with Crippen LogP contribution in [0.4, 0.5) is 0 Å². The normalized spacial score (nSPS) is 22.3. The van der Waals surface area contributed by atoms with Crippen molar-refractivity contribution in [2.24, 2.45) is 11.8 Å². The third-order valence-corrected chi connectivity index (χ3v) is 8.31. The Morgan fingerprint density at radius 3 is 2.44 bits per heavy atom. The number of carboxylic acid groups (broad SMARTS) is 1. The lowest BCUT2D eigenvalue weighted by molar-refractivity contribution is -0.142. The van der Waals surface area contributed by atoms with Crippen molar-refractivity contribution >= 4 is 29.1 Å². The van der Waals surface area contributed by atoms with Crippen LogP contribution >= 0.6 is 11.3 Å². The molecule has 34 heavy (non-hydrogen) atoms. The number of likely N-dealkylation sites (N-methyl/N-ethyl adjacent to an activating group) is 2. The molecule has 192 valence electrons. The first kappa shape index (κ1) is 28.2. The summed E-state index contributed by atoms with van der Waals surface area (Å²) in [6, 6.07) is -1.00. The summed E-state index contributed by atoms with van der Waals surface area (Å²) in [5.74, 6) is -1.51. The highest BCUT2D eigenvalue weighted by molar-refractivity contribution is 7.09. The van der Waals surface area contributed by atoms with Crippen molar-refractivity contribution in [3.8, 4) is 0 Å². The summed E-state index contributed by atoms with van der Waals surface area (Å²) in [5.41, 5.74) is -0.736. The molecule has 0 radical (unpaired) electrons. The third kappa shape index (κ3) is 6.14. The second kappa shape index (κ2) is 11.6. The molecule has 2 heterocycles. The molecule has 0 spiro atoms. The lowest BCUT2D eigenvalue weighted by Crippen LogP contribution is -2.60. The van der Waals surface area contributed by atoms with E-state index < -0.39 is 23.7 Å². The van der Waals surface area contributed by atoms with Crippen molar-refractivity contribution in [2.45, 2.75) is 84.0 Å². The van der Waals surface area contributed by atoms with Gasteiger partial charge in [0.05, 0.1) is 5.54 Å². The number of aliphatic hydroxyl groups is 1. The molecule has 0 aliphatic carbocycles. The van der Waals surface area contributed by atoms with Crippen LogP contribution in [0.5, 0.6) is 0 Å². The smallest absolute Gasteiger partial charge is 0.355 e. The average molecular weight is 497 g/mol. The number of hydrogen-bond donors (Lipinski definition) is 3. The number of carboxylic acids is 1. The highest BCUT2D eigenvalue weighted by atomic mass is 32.1. The van der Waals surface area contributed by atoms with E-state index >= 15 is 0 Å². The lowest BCUT2D eigenvalue weighted by Gasteiger charge is -2.38. The van der Waals surface area contributed by atoms with Crippen molar-refractivity contribution in [1.82, 2.24) is 20.1 Å².